The summed E-state index contributed by atoms with van der Waals surface area (Å²) in [6.07, 6.45) is -6.38. The van der Waals surface area contributed by atoms with Crippen LogP contribution in [0.1, 0.15) is 22.8 Å². The SMILES string of the molecule is COC(=O)c1c(N)cccc1COC(C)C(F)(F)F. The van der Waals surface area contributed by atoms with E-state index in [1.807, 2.05) is 0 Å². The molecule has 0 aliphatic rings. The van der Waals surface area contributed by atoms with Crippen LogP contribution in [0.15, 0.2) is 18.2 Å². The molecule has 0 aliphatic heterocycles. The summed E-state index contributed by atoms with van der Waals surface area (Å²) in [5.41, 5.74) is 6.02. The molecule has 1 aromatic rings. The topological polar surface area (TPSA) is 61.5 Å². The average Bonchev–Trinajstić information content (AvgIpc) is 2.33. The second kappa shape index (κ2) is 5.92. The molecule has 7 heteroatoms. The normalized spacial score (nSPS) is 13.1. The van der Waals surface area contributed by atoms with E-state index in [1.54, 1.807) is 0 Å². The number of hydrogen-bond donors (Lipinski definition) is 1. The standard InChI is InChI=1S/C12H14F3NO3/c1-7(12(13,14)15)19-6-8-4-3-5-9(16)10(8)11(17)18-2/h3-5,7H,6,16H2,1-2H3. The molecule has 0 amide bonds. The summed E-state index contributed by atoms with van der Waals surface area (Å²) in [4.78, 5) is 11.5. The van der Waals surface area contributed by atoms with Crippen LogP contribution in [0.2, 0.25) is 0 Å². The van der Waals surface area contributed by atoms with E-state index in [0.29, 0.717) is 0 Å². The molecule has 19 heavy (non-hydrogen) atoms. The number of benzene rings is 1. The molecule has 0 aromatic heterocycles. The van der Waals surface area contributed by atoms with Crippen molar-refractivity contribution in [1.29, 1.82) is 0 Å². The minimum atomic E-state index is -4.45. The summed E-state index contributed by atoms with van der Waals surface area (Å²) in [6, 6.07) is 4.45. The molecule has 0 bridgehead atoms. The molecule has 4 nitrogen and oxygen atoms in total. The fourth-order valence-corrected chi connectivity index (χ4v) is 1.40. The molecule has 0 radical (unpaired) electrons. The van der Waals surface area contributed by atoms with E-state index in [-0.39, 0.29) is 23.4 Å². The number of hydrogen-bond acceptors (Lipinski definition) is 4. The Balaban J connectivity index is 2.90. The molecule has 2 N–H and O–H groups in total. The van der Waals surface area contributed by atoms with Gasteiger partial charge in [-0.15, -0.1) is 0 Å². The maximum Gasteiger partial charge on any atom is 0.414 e. The predicted molar refractivity (Wildman–Crippen MR) is 62.5 cm³/mol. The Morgan fingerprint density at radius 1 is 1.42 bits per heavy atom. The highest BCUT2D eigenvalue weighted by molar-refractivity contribution is 5.96. The van der Waals surface area contributed by atoms with Crippen LogP contribution in [0.25, 0.3) is 0 Å². The first-order valence-corrected chi connectivity index (χ1v) is 5.41. The van der Waals surface area contributed by atoms with Gasteiger partial charge in [-0.25, -0.2) is 4.79 Å². The zero-order valence-corrected chi connectivity index (χ0v) is 10.5. The van der Waals surface area contributed by atoms with E-state index in [9.17, 15) is 18.0 Å². The highest BCUT2D eigenvalue weighted by Crippen LogP contribution is 2.25. The van der Waals surface area contributed by atoms with Gasteiger partial charge in [0.1, 0.15) is 0 Å². The van der Waals surface area contributed by atoms with E-state index >= 15 is 0 Å². The molecule has 0 saturated heterocycles. The maximum atomic E-state index is 12.3. The summed E-state index contributed by atoms with van der Waals surface area (Å²) < 4.78 is 46.2. The van der Waals surface area contributed by atoms with Gasteiger partial charge in [-0.3, -0.25) is 0 Å². The molecule has 106 valence electrons. The molecular formula is C12H14F3NO3. The fraction of sp³-hybridized carbons (Fsp3) is 0.417. The van der Waals surface area contributed by atoms with Crippen LogP contribution in [-0.4, -0.2) is 25.4 Å². The Hall–Kier alpha value is -1.76. The Bertz CT molecular complexity index is 460. The third-order valence-corrected chi connectivity index (χ3v) is 2.52. The third kappa shape index (κ3) is 3.85. The van der Waals surface area contributed by atoms with Crippen molar-refractivity contribution in [3.63, 3.8) is 0 Å². The van der Waals surface area contributed by atoms with E-state index in [0.717, 1.165) is 14.0 Å². The summed E-state index contributed by atoms with van der Waals surface area (Å²) in [5, 5.41) is 0. The Labute approximate surface area is 108 Å². The first-order valence-electron chi connectivity index (χ1n) is 5.41. The van der Waals surface area contributed by atoms with Crippen molar-refractivity contribution in [1.82, 2.24) is 0 Å². The van der Waals surface area contributed by atoms with Crippen LogP contribution in [0, 0.1) is 0 Å². The lowest BCUT2D eigenvalue weighted by Gasteiger charge is -2.17. The zero-order valence-electron chi connectivity index (χ0n) is 10.5. The highest BCUT2D eigenvalue weighted by Gasteiger charge is 2.37. The second-order valence-electron chi connectivity index (χ2n) is 3.87. The van der Waals surface area contributed by atoms with Crippen molar-refractivity contribution in [3.05, 3.63) is 29.3 Å². The van der Waals surface area contributed by atoms with Crippen molar-refractivity contribution in [2.45, 2.75) is 25.8 Å². The van der Waals surface area contributed by atoms with Gasteiger partial charge in [0.2, 0.25) is 0 Å². The number of ether oxygens (including phenoxy) is 2. The number of nitrogens with two attached hydrogens (primary N) is 1. The molecule has 1 atom stereocenters. The lowest BCUT2D eigenvalue weighted by molar-refractivity contribution is -0.217. The van der Waals surface area contributed by atoms with Crippen molar-refractivity contribution in [3.8, 4) is 0 Å². The molecule has 1 rings (SSSR count). The van der Waals surface area contributed by atoms with Gasteiger partial charge in [-0.05, 0) is 18.6 Å². The fourth-order valence-electron chi connectivity index (χ4n) is 1.40. The van der Waals surface area contributed by atoms with Crippen molar-refractivity contribution in [2.75, 3.05) is 12.8 Å². The average molecular weight is 277 g/mol. The predicted octanol–water partition coefficient (Wildman–Crippen LogP) is 2.52. The van der Waals surface area contributed by atoms with Crippen LogP contribution >= 0.6 is 0 Å². The lowest BCUT2D eigenvalue weighted by atomic mass is 10.1. The van der Waals surface area contributed by atoms with Crippen LogP contribution in [-0.2, 0) is 16.1 Å². The lowest BCUT2D eigenvalue weighted by Crippen LogP contribution is -2.28. The van der Waals surface area contributed by atoms with Gasteiger partial charge in [-0.1, -0.05) is 12.1 Å². The molecule has 0 heterocycles. The van der Waals surface area contributed by atoms with E-state index in [4.69, 9.17) is 10.5 Å². The second-order valence-corrected chi connectivity index (χ2v) is 3.87. The Morgan fingerprint density at radius 3 is 2.58 bits per heavy atom. The van der Waals surface area contributed by atoms with Crippen LogP contribution < -0.4 is 5.73 Å². The summed E-state index contributed by atoms with van der Waals surface area (Å²) in [5.74, 6) is -0.712. The van der Waals surface area contributed by atoms with Gasteiger partial charge in [0.25, 0.3) is 0 Å². The van der Waals surface area contributed by atoms with Crippen LogP contribution in [0.3, 0.4) is 0 Å². The number of halogens is 3. The number of rotatable bonds is 4. The maximum absolute atomic E-state index is 12.3. The molecular weight excluding hydrogens is 263 g/mol. The van der Waals surface area contributed by atoms with Crippen molar-refractivity contribution in [2.24, 2.45) is 0 Å². The van der Waals surface area contributed by atoms with E-state index in [2.05, 4.69) is 4.74 Å². The molecule has 0 spiro atoms. The van der Waals surface area contributed by atoms with Crippen molar-refractivity contribution < 1.29 is 27.4 Å². The molecule has 1 aromatic carbocycles. The van der Waals surface area contributed by atoms with Gasteiger partial charge in [0, 0.05) is 5.69 Å². The number of nitrogen functional groups attached to an aromatic ring is 1. The number of carbonyl (C=O) groups is 1. The smallest absolute Gasteiger partial charge is 0.414 e. The van der Waals surface area contributed by atoms with Gasteiger partial charge in [0.05, 0.1) is 19.3 Å². The molecule has 0 fully saturated rings. The molecule has 1 unspecified atom stereocenters. The van der Waals surface area contributed by atoms with E-state index < -0.39 is 18.2 Å². The monoisotopic (exact) mass is 277 g/mol. The summed E-state index contributed by atoms with van der Waals surface area (Å²) in [7, 11) is 1.16. The van der Waals surface area contributed by atoms with E-state index in [1.165, 1.54) is 18.2 Å². The summed E-state index contributed by atoms with van der Waals surface area (Å²) in [6.45, 7) is 0.514. The number of esters is 1. The van der Waals surface area contributed by atoms with Gasteiger partial charge < -0.3 is 15.2 Å². The zero-order chi connectivity index (χ0) is 14.6. The van der Waals surface area contributed by atoms with Crippen molar-refractivity contribution >= 4 is 11.7 Å². The molecule has 0 aliphatic carbocycles. The third-order valence-electron chi connectivity index (χ3n) is 2.52. The van der Waals surface area contributed by atoms with Crippen LogP contribution in [0.5, 0.6) is 0 Å². The number of alkyl halides is 3. The number of carbonyl (C=O) groups excluding carboxylic acids is 1. The summed E-state index contributed by atoms with van der Waals surface area (Å²) >= 11 is 0. The number of anilines is 1. The minimum Gasteiger partial charge on any atom is -0.465 e. The quantitative estimate of drug-likeness (QED) is 0.678. The Morgan fingerprint density at radius 2 is 2.05 bits per heavy atom. The molecule has 0 saturated carbocycles. The van der Waals surface area contributed by atoms with Gasteiger partial charge >= 0.3 is 12.1 Å². The first-order chi connectivity index (χ1) is 8.77. The highest BCUT2D eigenvalue weighted by atomic mass is 19.4. The largest absolute Gasteiger partial charge is 0.465 e. The first kappa shape index (κ1) is 15.3. The van der Waals surface area contributed by atoms with Gasteiger partial charge in [0.15, 0.2) is 6.10 Å². The Kier molecular flexibility index (Phi) is 4.77. The van der Waals surface area contributed by atoms with Crippen LogP contribution in [0.4, 0.5) is 18.9 Å². The van der Waals surface area contributed by atoms with Gasteiger partial charge in [-0.2, -0.15) is 13.2 Å². The number of methoxy groups -OCH3 is 1. The minimum absolute atomic E-state index is 0.0272.